The van der Waals surface area contributed by atoms with Crippen LogP contribution in [0.5, 0.6) is 0 Å². The van der Waals surface area contributed by atoms with Crippen molar-refractivity contribution in [2.75, 3.05) is 0 Å². The van der Waals surface area contributed by atoms with E-state index in [1.54, 1.807) is 25.3 Å². The van der Waals surface area contributed by atoms with Crippen molar-refractivity contribution in [3.63, 3.8) is 0 Å². The number of aromatic nitrogens is 3. The molecule has 3 rings (SSSR count). The topological polar surface area (TPSA) is 115 Å². The highest BCUT2D eigenvalue weighted by Crippen LogP contribution is 2.17. The summed E-state index contributed by atoms with van der Waals surface area (Å²) in [4.78, 5) is 40.8. The molecule has 0 aromatic carbocycles. The molecule has 1 aliphatic rings. The zero-order valence-electron chi connectivity index (χ0n) is 16.6. The van der Waals surface area contributed by atoms with Gasteiger partial charge in [-0.25, -0.2) is 19.3 Å². The van der Waals surface area contributed by atoms with Crippen molar-refractivity contribution in [3.8, 4) is 5.82 Å². The SMILES string of the molecule is Cc1c(C(=O)OC(C)C(=O)NC(=O)NC2CCCCC2)cnn1-c1ccccn1. The highest BCUT2D eigenvalue weighted by molar-refractivity contribution is 5.98. The van der Waals surface area contributed by atoms with Crippen LogP contribution in [0.1, 0.15) is 55.1 Å². The molecule has 2 aromatic rings. The van der Waals surface area contributed by atoms with Gasteiger partial charge in [-0.15, -0.1) is 0 Å². The summed E-state index contributed by atoms with van der Waals surface area (Å²) in [6, 6.07) is 4.86. The first kappa shape index (κ1) is 20.5. The molecule has 1 aliphatic carbocycles. The van der Waals surface area contributed by atoms with Crippen LogP contribution >= 0.6 is 0 Å². The van der Waals surface area contributed by atoms with E-state index in [-0.39, 0.29) is 11.6 Å². The van der Waals surface area contributed by atoms with Gasteiger partial charge in [-0.1, -0.05) is 25.3 Å². The lowest BCUT2D eigenvalue weighted by molar-refractivity contribution is -0.127. The lowest BCUT2D eigenvalue weighted by Crippen LogP contribution is -2.48. The van der Waals surface area contributed by atoms with Crippen LogP contribution < -0.4 is 10.6 Å². The summed E-state index contributed by atoms with van der Waals surface area (Å²) in [5.41, 5.74) is 0.762. The molecule has 0 spiro atoms. The van der Waals surface area contributed by atoms with Crippen molar-refractivity contribution in [2.45, 2.75) is 58.1 Å². The van der Waals surface area contributed by atoms with E-state index in [2.05, 4.69) is 20.7 Å². The number of imide groups is 1. The van der Waals surface area contributed by atoms with Gasteiger partial charge in [0.25, 0.3) is 5.91 Å². The van der Waals surface area contributed by atoms with E-state index in [0.717, 1.165) is 25.7 Å². The summed E-state index contributed by atoms with van der Waals surface area (Å²) in [5.74, 6) is -0.810. The van der Waals surface area contributed by atoms with E-state index < -0.39 is 24.0 Å². The molecule has 1 atom stereocenters. The number of amides is 3. The number of ether oxygens (including phenoxy) is 1. The molecule has 9 heteroatoms. The van der Waals surface area contributed by atoms with Gasteiger partial charge in [-0.05, 0) is 38.8 Å². The molecule has 3 amide bonds. The number of rotatable bonds is 5. The number of esters is 1. The van der Waals surface area contributed by atoms with Gasteiger partial charge in [0, 0.05) is 12.2 Å². The molecule has 2 aromatic heterocycles. The lowest BCUT2D eigenvalue weighted by atomic mass is 9.96. The van der Waals surface area contributed by atoms with Crippen molar-refractivity contribution in [3.05, 3.63) is 41.9 Å². The van der Waals surface area contributed by atoms with E-state index in [0.29, 0.717) is 11.5 Å². The predicted octanol–water partition coefficient (Wildman–Crippen LogP) is 2.28. The normalized spacial score (nSPS) is 15.4. The standard InChI is InChI=1S/C20H25N5O4/c1-13-16(12-22-25(13)17-10-6-7-11-21-17)19(27)29-14(2)18(26)24-20(28)23-15-8-4-3-5-9-15/h6-7,10-12,14-15H,3-5,8-9H2,1-2H3,(H2,23,24,26,28). The number of nitrogens with zero attached hydrogens (tertiary/aromatic N) is 3. The Morgan fingerprint density at radius 2 is 1.97 bits per heavy atom. The Bertz CT molecular complexity index is 874. The van der Waals surface area contributed by atoms with Gasteiger partial charge < -0.3 is 10.1 Å². The quantitative estimate of drug-likeness (QED) is 0.746. The molecule has 1 unspecified atom stereocenters. The van der Waals surface area contributed by atoms with Crippen molar-refractivity contribution < 1.29 is 19.1 Å². The third kappa shape index (κ3) is 5.18. The van der Waals surface area contributed by atoms with Gasteiger partial charge in [0.15, 0.2) is 11.9 Å². The van der Waals surface area contributed by atoms with Crippen LogP contribution in [0.25, 0.3) is 5.82 Å². The van der Waals surface area contributed by atoms with E-state index in [4.69, 9.17) is 4.74 Å². The molecule has 0 bridgehead atoms. The summed E-state index contributed by atoms with van der Waals surface area (Å²) in [6.07, 6.45) is 6.99. The molecule has 1 fully saturated rings. The van der Waals surface area contributed by atoms with Crippen LogP contribution in [0.15, 0.2) is 30.6 Å². The van der Waals surface area contributed by atoms with Crippen LogP contribution in [0.2, 0.25) is 0 Å². The molecule has 1 saturated carbocycles. The molecular weight excluding hydrogens is 374 g/mol. The van der Waals surface area contributed by atoms with Crippen LogP contribution in [0, 0.1) is 6.92 Å². The van der Waals surface area contributed by atoms with Crippen LogP contribution in [0.3, 0.4) is 0 Å². The highest BCUT2D eigenvalue weighted by atomic mass is 16.5. The van der Waals surface area contributed by atoms with Gasteiger partial charge in [0.2, 0.25) is 0 Å². The molecular formula is C20H25N5O4. The second kappa shape index (κ2) is 9.31. The van der Waals surface area contributed by atoms with E-state index in [1.165, 1.54) is 24.2 Å². The number of hydrogen-bond acceptors (Lipinski definition) is 6. The third-order valence-corrected chi connectivity index (χ3v) is 4.93. The summed E-state index contributed by atoms with van der Waals surface area (Å²) < 4.78 is 6.73. The Kier molecular flexibility index (Phi) is 6.58. The maximum atomic E-state index is 12.5. The first-order chi connectivity index (χ1) is 14.0. The fourth-order valence-corrected chi connectivity index (χ4v) is 3.28. The van der Waals surface area contributed by atoms with Gasteiger partial charge in [-0.3, -0.25) is 10.1 Å². The second-order valence-electron chi connectivity index (χ2n) is 7.09. The number of nitrogens with one attached hydrogen (secondary N) is 2. The molecule has 2 heterocycles. The number of pyridine rings is 1. The largest absolute Gasteiger partial charge is 0.449 e. The average Bonchev–Trinajstić information content (AvgIpc) is 3.10. The van der Waals surface area contributed by atoms with E-state index >= 15 is 0 Å². The maximum absolute atomic E-state index is 12.5. The van der Waals surface area contributed by atoms with Crippen molar-refractivity contribution in [1.82, 2.24) is 25.4 Å². The first-order valence-corrected chi connectivity index (χ1v) is 9.74. The number of urea groups is 1. The number of carbonyl (C=O) groups is 3. The Hall–Kier alpha value is -3.23. The zero-order valence-corrected chi connectivity index (χ0v) is 16.6. The van der Waals surface area contributed by atoms with Gasteiger partial charge >= 0.3 is 12.0 Å². The van der Waals surface area contributed by atoms with E-state index in [9.17, 15) is 14.4 Å². The minimum absolute atomic E-state index is 0.0782. The predicted molar refractivity (Wildman–Crippen MR) is 105 cm³/mol. The Morgan fingerprint density at radius 3 is 2.66 bits per heavy atom. The van der Waals surface area contributed by atoms with Gasteiger partial charge in [-0.2, -0.15) is 5.10 Å². The summed E-state index contributed by atoms with van der Waals surface area (Å²) in [6.45, 7) is 3.13. The number of carbonyl (C=O) groups excluding carboxylic acids is 3. The highest BCUT2D eigenvalue weighted by Gasteiger charge is 2.24. The number of hydrogen-bond donors (Lipinski definition) is 2. The molecule has 0 aliphatic heterocycles. The Labute approximate surface area is 168 Å². The van der Waals surface area contributed by atoms with Crippen molar-refractivity contribution in [1.29, 1.82) is 0 Å². The fraction of sp³-hybridized carbons (Fsp3) is 0.450. The molecule has 2 N–H and O–H groups in total. The minimum Gasteiger partial charge on any atom is -0.449 e. The van der Waals surface area contributed by atoms with Gasteiger partial charge in [0.1, 0.15) is 5.56 Å². The molecule has 9 nitrogen and oxygen atoms in total. The molecule has 29 heavy (non-hydrogen) atoms. The first-order valence-electron chi connectivity index (χ1n) is 9.74. The Morgan fingerprint density at radius 1 is 1.21 bits per heavy atom. The average molecular weight is 399 g/mol. The molecule has 0 saturated heterocycles. The van der Waals surface area contributed by atoms with Crippen molar-refractivity contribution >= 4 is 17.9 Å². The van der Waals surface area contributed by atoms with Crippen molar-refractivity contribution in [2.24, 2.45) is 0 Å². The monoisotopic (exact) mass is 399 g/mol. The minimum atomic E-state index is -1.13. The van der Waals surface area contributed by atoms with Crippen LogP contribution in [0.4, 0.5) is 4.79 Å². The maximum Gasteiger partial charge on any atom is 0.342 e. The zero-order chi connectivity index (χ0) is 20.8. The molecule has 0 radical (unpaired) electrons. The van der Waals surface area contributed by atoms with Crippen LogP contribution in [-0.4, -0.2) is 44.8 Å². The fourth-order valence-electron chi connectivity index (χ4n) is 3.28. The summed E-state index contributed by atoms with van der Waals surface area (Å²) >= 11 is 0. The molecule has 154 valence electrons. The van der Waals surface area contributed by atoms with Crippen LogP contribution in [-0.2, 0) is 9.53 Å². The summed E-state index contributed by atoms with van der Waals surface area (Å²) in [7, 11) is 0. The summed E-state index contributed by atoms with van der Waals surface area (Å²) in [5, 5.41) is 9.18. The Balaban J connectivity index is 1.55. The second-order valence-corrected chi connectivity index (χ2v) is 7.09. The lowest BCUT2D eigenvalue weighted by Gasteiger charge is -2.23. The third-order valence-electron chi connectivity index (χ3n) is 4.93. The van der Waals surface area contributed by atoms with Gasteiger partial charge in [0.05, 0.1) is 11.9 Å². The smallest absolute Gasteiger partial charge is 0.342 e. The van der Waals surface area contributed by atoms with E-state index in [1.807, 2.05) is 6.07 Å².